The van der Waals surface area contributed by atoms with Crippen molar-refractivity contribution in [2.75, 3.05) is 18.4 Å². The van der Waals surface area contributed by atoms with E-state index in [1.165, 1.54) is 9.13 Å². The summed E-state index contributed by atoms with van der Waals surface area (Å²) in [5.74, 6) is 0.645. The van der Waals surface area contributed by atoms with Crippen molar-refractivity contribution < 1.29 is 9.90 Å². The number of nitrogens with zero attached hydrogens (tertiary/aromatic N) is 2. The number of aliphatic hydroxyl groups excluding tert-OH is 1. The predicted molar refractivity (Wildman–Crippen MR) is 147 cm³/mol. The summed E-state index contributed by atoms with van der Waals surface area (Å²) in [6.07, 6.45) is 4.18. The monoisotopic (exact) mass is 580 g/mol. The number of carbonyl (C=O) groups excluding carboxylic acids is 1. The van der Waals surface area contributed by atoms with Crippen LogP contribution in [0, 0.1) is 3.57 Å². The van der Waals surface area contributed by atoms with E-state index in [-0.39, 0.29) is 12.3 Å². The van der Waals surface area contributed by atoms with Gasteiger partial charge in [0.25, 0.3) is 0 Å². The molecule has 180 valence electrons. The van der Waals surface area contributed by atoms with Gasteiger partial charge >= 0.3 is 0 Å². The first-order chi connectivity index (χ1) is 17.1. The molecule has 0 radical (unpaired) electrons. The number of hydrogen-bond acceptors (Lipinski definition) is 4. The normalized spacial score (nSPS) is 11.8. The van der Waals surface area contributed by atoms with Crippen LogP contribution in [0.25, 0.3) is 0 Å². The fourth-order valence-electron chi connectivity index (χ4n) is 3.85. The molecule has 0 fully saturated rings. The Balaban J connectivity index is 1.22. The van der Waals surface area contributed by atoms with E-state index >= 15 is 0 Å². The number of rotatable bonds is 11. The number of benzene rings is 3. The van der Waals surface area contributed by atoms with Crippen molar-refractivity contribution in [3.8, 4) is 0 Å². The lowest BCUT2D eigenvalue weighted by Gasteiger charge is -2.12. The van der Waals surface area contributed by atoms with Gasteiger partial charge in [-0.2, -0.15) is 0 Å². The number of aliphatic hydroxyl groups is 1. The van der Waals surface area contributed by atoms with E-state index in [9.17, 15) is 9.90 Å². The average molecular weight is 580 g/mol. The van der Waals surface area contributed by atoms with Crippen molar-refractivity contribution in [1.29, 1.82) is 0 Å². The highest BCUT2D eigenvalue weighted by Crippen LogP contribution is 2.14. The number of imidazole rings is 1. The van der Waals surface area contributed by atoms with Crippen LogP contribution >= 0.6 is 22.6 Å². The molecule has 0 spiro atoms. The van der Waals surface area contributed by atoms with Crippen molar-refractivity contribution in [1.82, 2.24) is 14.9 Å². The zero-order chi connectivity index (χ0) is 24.5. The van der Waals surface area contributed by atoms with Crippen LogP contribution in [0.1, 0.15) is 28.6 Å². The van der Waals surface area contributed by atoms with Crippen LogP contribution in [-0.4, -0.2) is 33.7 Å². The predicted octanol–water partition coefficient (Wildman–Crippen LogP) is 4.58. The van der Waals surface area contributed by atoms with E-state index in [0.717, 1.165) is 35.6 Å². The van der Waals surface area contributed by atoms with Gasteiger partial charge in [-0.15, -0.1) is 0 Å². The molecule has 0 aliphatic rings. The molecule has 0 aliphatic carbocycles. The Morgan fingerprint density at radius 3 is 2.57 bits per heavy atom. The van der Waals surface area contributed by atoms with Crippen molar-refractivity contribution in [3.05, 3.63) is 117 Å². The van der Waals surface area contributed by atoms with Crippen LogP contribution in [0.5, 0.6) is 0 Å². The summed E-state index contributed by atoms with van der Waals surface area (Å²) < 4.78 is 3.19. The number of amides is 1. The third-order valence-electron chi connectivity index (χ3n) is 5.71. The molecule has 3 aromatic carbocycles. The molecule has 6 nitrogen and oxygen atoms in total. The van der Waals surface area contributed by atoms with Crippen LogP contribution in [0.4, 0.5) is 5.69 Å². The van der Waals surface area contributed by atoms with Gasteiger partial charge in [0.1, 0.15) is 5.82 Å². The molecule has 0 saturated carbocycles. The smallest absolute Gasteiger partial charge is 0.231 e. The minimum Gasteiger partial charge on any atom is -0.387 e. The SMILES string of the molecule is O=C(Cc1nccn1Cc1cccc(I)c1)Nc1ccc(CCNC[C@H](O)c2ccccc2)cc1. The number of halogens is 1. The lowest BCUT2D eigenvalue weighted by Crippen LogP contribution is -2.23. The third-order valence-corrected chi connectivity index (χ3v) is 6.38. The fraction of sp³-hybridized carbons (Fsp3) is 0.214. The summed E-state index contributed by atoms with van der Waals surface area (Å²) in [5.41, 5.74) is 4.02. The van der Waals surface area contributed by atoms with Gasteiger partial charge in [-0.25, -0.2) is 4.98 Å². The minimum absolute atomic E-state index is 0.0931. The first kappa shape index (κ1) is 25.1. The third kappa shape index (κ3) is 7.74. The molecular formula is C28H29IN4O2. The van der Waals surface area contributed by atoms with Crippen LogP contribution in [0.2, 0.25) is 0 Å². The molecule has 0 saturated heterocycles. The second-order valence-corrected chi connectivity index (χ2v) is 9.65. The molecule has 35 heavy (non-hydrogen) atoms. The van der Waals surface area contributed by atoms with Gasteiger partial charge in [-0.3, -0.25) is 4.79 Å². The highest BCUT2D eigenvalue weighted by molar-refractivity contribution is 14.1. The zero-order valence-corrected chi connectivity index (χ0v) is 21.6. The summed E-state index contributed by atoms with van der Waals surface area (Å²) in [6, 6.07) is 25.8. The maximum absolute atomic E-state index is 12.6. The Kier molecular flexibility index (Phi) is 9.05. The highest BCUT2D eigenvalue weighted by atomic mass is 127. The van der Waals surface area contributed by atoms with Crippen LogP contribution in [0.3, 0.4) is 0 Å². The molecule has 1 heterocycles. The fourth-order valence-corrected chi connectivity index (χ4v) is 4.46. The van der Waals surface area contributed by atoms with Gasteiger partial charge in [-0.1, -0.05) is 54.6 Å². The zero-order valence-electron chi connectivity index (χ0n) is 19.4. The average Bonchev–Trinajstić information content (AvgIpc) is 3.29. The summed E-state index contributed by atoms with van der Waals surface area (Å²) in [5, 5.41) is 16.5. The molecule has 4 aromatic rings. The van der Waals surface area contributed by atoms with Crippen molar-refractivity contribution in [2.24, 2.45) is 0 Å². The van der Waals surface area contributed by atoms with E-state index in [2.05, 4.69) is 56.4 Å². The van der Waals surface area contributed by atoms with Gasteiger partial charge in [-0.05, 0) is 76.5 Å². The van der Waals surface area contributed by atoms with E-state index in [4.69, 9.17) is 0 Å². The van der Waals surface area contributed by atoms with Crippen molar-refractivity contribution in [3.63, 3.8) is 0 Å². The van der Waals surface area contributed by atoms with Crippen LogP contribution in [0.15, 0.2) is 91.3 Å². The molecular weight excluding hydrogens is 551 g/mol. The topological polar surface area (TPSA) is 79.2 Å². The van der Waals surface area contributed by atoms with E-state index < -0.39 is 6.10 Å². The Morgan fingerprint density at radius 2 is 1.80 bits per heavy atom. The van der Waals surface area contributed by atoms with E-state index in [1.54, 1.807) is 6.20 Å². The number of anilines is 1. The Bertz CT molecular complexity index is 1230. The summed E-state index contributed by atoms with van der Waals surface area (Å²) in [6.45, 7) is 1.96. The summed E-state index contributed by atoms with van der Waals surface area (Å²) in [4.78, 5) is 17.0. The lowest BCUT2D eigenvalue weighted by molar-refractivity contribution is -0.115. The molecule has 0 unspecified atom stereocenters. The molecule has 1 aromatic heterocycles. The first-order valence-electron chi connectivity index (χ1n) is 11.6. The van der Waals surface area contributed by atoms with Crippen LogP contribution in [-0.2, 0) is 24.2 Å². The number of carbonyl (C=O) groups is 1. The minimum atomic E-state index is -0.513. The Labute approximate surface area is 219 Å². The number of nitrogens with one attached hydrogen (secondary N) is 2. The molecule has 7 heteroatoms. The van der Waals surface area contributed by atoms with Gasteiger partial charge in [0.2, 0.25) is 5.91 Å². The second kappa shape index (κ2) is 12.6. The van der Waals surface area contributed by atoms with Crippen LogP contribution < -0.4 is 10.6 Å². The Morgan fingerprint density at radius 1 is 1.00 bits per heavy atom. The van der Waals surface area contributed by atoms with Gasteiger partial charge in [0.05, 0.1) is 12.5 Å². The standard InChI is InChI=1S/C28H29IN4O2/c29-24-8-4-5-22(17-24)20-33-16-15-31-27(33)18-28(35)32-25-11-9-21(10-12-25)13-14-30-19-26(34)23-6-2-1-3-7-23/h1-12,15-17,26,30,34H,13-14,18-20H2,(H,32,35)/t26-/m0/s1. The summed E-state index contributed by atoms with van der Waals surface area (Å²) in [7, 11) is 0. The van der Waals surface area contributed by atoms with Gasteiger partial charge in [0, 0.05) is 34.7 Å². The molecule has 4 rings (SSSR count). The largest absolute Gasteiger partial charge is 0.387 e. The molecule has 1 atom stereocenters. The van der Waals surface area contributed by atoms with E-state index in [1.807, 2.05) is 71.4 Å². The molecule has 0 bridgehead atoms. The van der Waals surface area contributed by atoms with Gasteiger partial charge in [0.15, 0.2) is 0 Å². The second-order valence-electron chi connectivity index (χ2n) is 8.40. The quantitative estimate of drug-likeness (QED) is 0.179. The number of hydrogen-bond donors (Lipinski definition) is 3. The summed E-state index contributed by atoms with van der Waals surface area (Å²) >= 11 is 2.30. The maximum Gasteiger partial charge on any atom is 0.231 e. The Hall–Kier alpha value is -3.01. The molecule has 0 aliphatic heterocycles. The van der Waals surface area contributed by atoms with Gasteiger partial charge < -0.3 is 20.3 Å². The highest BCUT2D eigenvalue weighted by Gasteiger charge is 2.11. The molecule has 3 N–H and O–H groups in total. The van der Waals surface area contributed by atoms with Crippen molar-refractivity contribution >= 4 is 34.2 Å². The molecule has 1 amide bonds. The van der Waals surface area contributed by atoms with Crippen molar-refractivity contribution in [2.45, 2.75) is 25.5 Å². The maximum atomic E-state index is 12.6. The number of aromatic nitrogens is 2. The van der Waals surface area contributed by atoms with E-state index in [0.29, 0.717) is 13.1 Å². The first-order valence-corrected chi connectivity index (χ1v) is 12.7. The lowest BCUT2D eigenvalue weighted by atomic mass is 10.1.